The van der Waals surface area contributed by atoms with Gasteiger partial charge in [0.25, 0.3) is 0 Å². The first-order valence-corrected chi connectivity index (χ1v) is 6.96. The number of hydrogen-bond acceptors (Lipinski definition) is 3. The maximum atomic E-state index is 12.6. The number of rotatable bonds is 4. The summed E-state index contributed by atoms with van der Waals surface area (Å²) < 4.78 is 42.5. The van der Waals surface area contributed by atoms with Crippen LogP contribution in [0.3, 0.4) is 0 Å². The average molecular weight is 332 g/mol. The SMILES string of the molecule is CCOC(=O)Nc1cc(C)ccc1[C@H](C)N(C)C(=O)C(F)(F)F. The van der Waals surface area contributed by atoms with E-state index >= 15 is 0 Å². The van der Waals surface area contributed by atoms with Crippen molar-refractivity contribution in [1.29, 1.82) is 0 Å². The van der Waals surface area contributed by atoms with Gasteiger partial charge in [-0.3, -0.25) is 10.1 Å². The number of nitrogens with zero attached hydrogens (tertiary/aromatic N) is 1. The number of carbonyl (C=O) groups is 2. The first-order valence-electron chi connectivity index (χ1n) is 6.96. The molecule has 1 N–H and O–H groups in total. The van der Waals surface area contributed by atoms with Gasteiger partial charge in [0.1, 0.15) is 0 Å². The highest BCUT2D eigenvalue weighted by Crippen LogP contribution is 2.30. The van der Waals surface area contributed by atoms with Crippen LogP contribution in [-0.2, 0) is 9.53 Å². The van der Waals surface area contributed by atoms with Crippen molar-refractivity contribution in [2.75, 3.05) is 19.0 Å². The second kappa shape index (κ2) is 7.34. The molecule has 2 amide bonds. The molecule has 1 rings (SSSR count). The van der Waals surface area contributed by atoms with Crippen LogP contribution < -0.4 is 5.32 Å². The van der Waals surface area contributed by atoms with E-state index in [1.54, 1.807) is 32.0 Å². The molecule has 1 aromatic rings. The summed E-state index contributed by atoms with van der Waals surface area (Å²) >= 11 is 0. The van der Waals surface area contributed by atoms with Gasteiger partial charge in [0, 0.05) is 12.7 Å². The lowest BCUT2D eigenvalue weighted by molar-refractivity contribution is -0.186. The fourth-order valence-electron chi connectivity index (χ4n) is 2.00. The van der Waals surface area contributed by atoms with Crippen LogP contribution in [0.1, 0.15) is 31.0 Å². The zero-order valence-corrected chi connectivity index (χ0v) is 13.3. The molecule has 0 saturated carbocycles. The van der Waals surface area contributed by atoms with Gasteiger partial charge in [-0.15, -0.1) is 0 Å². The molecule has 0 heterocycles. The number of nitrogens with one attached hydrogen (secondary N) is 1. The lowest BCUT2D eigenvalue weighted by Crippen LogP contribution is -2.40. The van der Waals surface area contributed by atoms with Crippen molar-refractivity contribution in [2.24, 2.45) is 0 Å². The van der Waals surface area contributed by atoms with Crippen molar-refractivity contribution < 1.29 is 27.5 Å². The van der Waals surface area contributed by atoms with E-state index in [2.05, 4.69) is 5.32 Å². The van der Waals surface area contributed by atoms with Gasteiger partial charge >= 0.3 is 18.2 Å². The largest absolute Gasteiger partial charge is 0.471 e. The molecule has 1 atom stereocenters. The van der Waals surface area contributed by atoms with E-state index in [0.717, 1.165) is 12.6 Å². The Morgan fingerprint density at radius 2 is 1.96 bits per heavy atom. The highest BCUT2D eigenvalue weighted by atomic mass is 19.4. The maximum absolute atomic E-state index is 12.6. The Bertz CT molecular complexity index is 588. The third-order valence-corrected chi connectivity index (χ3v) is 3.31. The van der Waals surface area contributed by atoms with Crippen LogP contribution in [-0.4, -0.2) is 36.7 Å². The average Bonchev–Trinajstić information content (AvgIpc) is 2.44. The molecule has 0 radical (unpaired) electrons. The normalized spacial score (nSPS) is 12.5. The topological polar surface area (TPSA) is 58.6 Å². The number of halogens is 3. The van der Waals surface area contributed by atoms with E-state index in [1.807, 2.05) is 0 Å². The molecule has 0 aliphatic heterocycles. The van der Waals surface area contributed by atoms with E-state index < -0.39 is 24.2 Å². The molecule has 0 unspecified atom stereocenters. The summed E-state index contributed by atoms with van der Waals surface area (Å²) in [6.45, 7) is 5.02. The van der Waals surface area contributed by atoms with Crippen molar-refractivity contribution in [1.82, 2.24) is 4.90 Å². The molecular weight excluding hydrogens is 313 g/mol. The third kappa shape index (κ3) is 4.87. The first kappa shape index (κ1) is 18.8. The zero-order valence-electron chi connectivity index (χ0n) is 13.3. The van der Waals surface area contributed by atoms with Gasteiger partial charge in [-0.2, -0.15) is 13.2 Å². The van der Waals surface area contributed by atoms with Crippen molar-refractivity contribution in [3.8, 4) is 0 Å². The van der Waals surface area contributed by atoms with Crippen LogP contribution in [0.25, 0.3) is 0 Å². The molecule has 0 aromatic heterocycles. The molecule has 5 nitrogen and oxygen atoms in total. The summed E-state index contributed by atoms with van der Waals surface area (Å²) in [4.78, 5) is 23.5. The van der Waals surface area contributed by atoms with Crippen molar-refractivity contribution in [3.63, 3.8) is 0 Å². The lowest BCUT2D eigenvalue weighted by atomic mass is 10.0. The van der Waals surface area contributed by atoms with Gasteiger partial charge in [0.2, 0.25) is 0 Å². The van der Waals surface area contributed by atoms with Crippen LogP contribution in [0.15, 0.2) is 18.2 Å². The number of carbonyl (C=O) groups excluding carboxylic acids is 2. The zero-order chi connectivity index (χ0) is 17.8. The molecule has 23 heavy (non-hydrogen) atoms. The molecule has 128 valence electrons. The molecule has 0 aliphatic carbocycles. The van der Waals surface area contributed by atoms with E-state index in [1.165, 1.54) is 6.92 Å². The van der Waals surface area contributed by atoms with Gasteiger partial charge in [0.15, 0.2) is 0 Å². The molecule has 1 aromatic carbocycles. The highest BCUT2D eigenvalue weighted by molar-refractivity contribution is 5.86. The lowest BCUT2D eigenvalue weighted by Gasteiger charge is -2.28. The predicted octanol–water partition coefficient (Wildman–Crippen LogP) is 3.65. The Kier molecular flexibility index (Phi) is 6.00. The minimum atomic E-state index is -4.96. The number of alkyl halides is 3. The van der Waals surface area contributed by atoms with Crippen molar-refractivity contribution in [3.05, 3.63) is 29.3 Å². The molecular formula is C15H19F3N2O3. The van der Waals surface area contributed by atoms with Gasteiger partial charge < -0.3 is 9.64 Å². The molecule has 0 bridgehead atoms. The first-order chi connectivity index (χ1) is 10.6. The Labute approximate surface area is 132 Å². The molecule has 0 fully saturated rings. The van der Waals surface area contributed by atoms with Gasteiger partial charge in [-0.25, -0.2) is 4.79 Å². The maximum Gasteiger partial charge on any atom is 0.471 e. The van der Waals surface area contributed by atoms with Crippen LogP contribution in [0.5, 0.6) is 0 Å². The second-order valence-electron chi connectivity index (χ2n) is 5.03. The molecule has 0 saturated heterocycles. The van der Waals surface area contributed by atoms with Crippen LogP contribution >= 0.6 is 0 Å². The standard InChI is InChI=1S/C15H19F3N2O3/c1-5-23-14(22)19-12-8-9(2)6-7-11(12)10(3)20(4)13(21)15(16,17)18/h6-8,10H,5H2,1-4H3,(H,19,22)/t10-/m0/s1. The Morgan fingerprint density at radius 3 is 2.48 bits per heavy atom. The predicted molar refractivity (Wildman–Crippen MR) is 79.1 cm³/mol. The van der Waals surface area contributed by atoms with E-state index in [-0.39, 0.29) is 6.61 Å². The van der Waals surface area contributed by atoms with Gasteiger partial charge in [-0.05, 0) is 38.0 Å². The summed E-state index contributed by atoms with van der Waals surface area (Å²) in [7, 11) is 1.06. The van der Waals surface area contributed by atoms with Crippen LogP contribution in [0.4, 0.5) is 23.7 Å². The molecule has 8 heteroatoms. The Morgan fingerprint density at radius 1 is 1.35 bits per heavy atom. The van der Waals surface area contributed by atoms with E-state index in [9.17, 15) is 22.8 Å². The number of amides is 2. The number of aryl methyl sites for hydroxylation is 1. The monoisotopic (exact) mass is 332 g/mol. The highest BCUT2D eigenvalue weighted by Gasteiger charge is 2.42. The number of benzene rings is 1. The van der Waals surface area contributed by atoms with Crippen molar-refractivity contribution in [2.45, 2.75) is 33.0 Å². The van der Waals surface area contributed by atoms with Gasteiger partial charge in [-0.1, -0.05) is 12.1 Å². The number of anilines is 1. The second-order valence-corrected chi connectivity index (χ2v) is 5.03. The minimum Gasteiger partial charge on any atom is -0.450 e. The Hall–Kier alpha value is -2.25. The fourth-order valence-corrected chi connectivity index (χ4v) is 2.00. The number of ether oxygens (including phenoxy) is 1. The van der Waals surface area contributed by atoms with Crippen LogP contribution in [0, 0.1) is 6.92 Å². The minimum absolute atomic E-state index is 0.162. The summed E-state index contributed by atoms with van der Waals surface area (Å²) in [5, 5.41) is 2.49. The van der Waals surface area contributed by atoms with Crippen LogP contribution in [0.2, 0.25) is 0 Å². The quantitative estimate of drug-likeness (QED) is 0.916. The van der Waals surface area contributed by atoms with E-state index in [4.69, 9.17) is 4.74 Å². The van der Waals surface area contributed by atoms with Crippen molar-refractivity contribution >= 4 is 17.7 Å². The summed E-state index contributed by atoms with van der Waals surface area (Å²) in [5.74, 6) is -1.95. The Balaban J connectivity index is 3.11. The van der Waals surface area contributed by atoms with Gasteiger partial charge in [0.05, 0.1) is 12.6 Å². The summed E-state index contributed by atoms with van der Waals surface area (Å²) in [6, 6.07) is 3.98. The van der Waals surface area contributed by atoms with E-state index in [0.29, 0.717) is 16.2 Å². The summed E-state index contributed by atoms with van der Waals surface area (Å²) in [6.07, 6.45) is -5.67. The summed E-state index contributed by atoms with van der Waals surface area (Å²) in [5.41, 5.74) is 1.49. The third-order valence-electron chi connectivity index (χ3n) is 3.31. The molecule has 0 spiro atoms. The number of hydrogen-bond donors (Lipinski definition) is 1. The molecule has 0 aliphatic rings. The smallest absolute Gasteiger partial charge is 0.450 e. The fraction of sp³-hybridized carbons (Fsp3) is 0.467.